The number of ether oxygens (including phenoxy) is 1. The SMILES string of the molecule is CCOc1ccc(-c2nc(NC(=O)c3cnc(N4CCNC[C@H]4C)cn3)sc2CN2CCC[C@H]2CC)cc1C(F)(F)F. The van der Waals surface area contributed by atoms with Gasteiger partial charge in [0.2, 0.25) is 0 Å². The average Bonchev–Trinajstić information content (AvgIpc) is 3.59. The van der Waals surface area contributed by atoms with Crippen molar-refractivity contribution in [3.63, 3.8) is 0 Å². The third kappa shape index (κ3) is 6.68. The van der Waals surface area contributed by atoms with E-state index in [1.165, 1.54) is 23.6 Å². The van der Waals surface area contributed by atoms with E-state index in [9.17, 15) is 18.0 Å². The molecule has 0 unspecified atom stereocenters. The second kappa shape index (κ2) is 12.9. The first-order chi connectivity index (χ1) is 20.2. The molecule has 2 aliphatic rings. The molecule has 2 aliphatic heterocycles. The van der Waals surface area contributed by atoms with Crippen LogP contribution >= 0.6 is 11.3 Å². The van der Waals surface area contributed by atoms with Gasteiger partial charge in [-0.25, -0.2) is 15.0 Å². The lowest BCUT2D eigenvalue weighted by Gasteiger charge is -2.34. The summed E-state index contributed by atoms with van der Waals surface area (Å²) in [4.78, 5) is 31.8. The van der Waals surface area contributed by atoms with Gasteiger partial charge >= 0.3 is 6.18 Å². The minimum atomic E-state index is -4.59. The fraction of sp³-hybridized carbons (Fsp3) is 0.517. The minimum absolute atomic E-state index is 0.117. The van der Waals surface area contributed by atoms with E-state index in [0.717, 1.165) is 56.4 Å². The van der Waals surface area contributed by atoms with E-state index in [-0.39, 0.29) is 24.1 Å². The van der Waals surface area contributed by atoms with Crippen molar-refractivity contribution in [1.82, 2.24) is 25.2 Å². The molecule has 2 N–H and O–H groups in total. The van der Waals surface area contributed by atoms with Gasteiger partial charge in [-0.2, -0.15) is 13.2 Å². The number of likely N-dealkylation sites (tertiary alicyclic amines) is 1. The molecule has 0 bridgehead atoms. The van der Waals surface area contributed by atoms with Gasteiger partial charge in [-0.3, -0.25) is 15.0 Å². The van der Waals surface area contributed by atoms with E-state index in [1.54, 1.807) is 19.2 Å². The van der Waals surface area contributed by atoms with Gasteiger partial charge in [-0.05, 0) is 57.9 Å². The van der Waals surface area contributed by atoms with Gasteiger partial charge in [0, 0.05) is 48.7 Å². The van der Waals surface area contributed by atoms with Crippen LogP contribution in [-0.2, 0) is 12.7 Å². The van der Waals surface area contributed by atoms with Crippen molar-refractivity contribution < 1.29 is 22.7 Å². The molecule has 9 nitrogen and oxygen atoms in total. The normalized spacial score (nSPS) is 19.7. The van der Waals surface area contributed by atoms with Crippen molar-refractivity contribution in [3.8, 4) is 17.0 Å². The molecule has 0 radical (unpaired) electrons. The van der Waals surface area contributed by atoms with Gasteiger partial charge in [-0.15, -0.1) is 0 Å². The summed E-state index contributed by atoms with van der Waals surface area (Å²) in [5, 5.41) is 6.42. The predicted molar refractivity (Wildman–Crippen MR) is 157 cm³/mol. The monoisotopic (exact) mass is 603 g/mol. The summed E-state index contributed by atoms with van der Waals surface area (Å²) in [6.45, 7) is 9.92. The van der Waals surface area contributed by atoms with E-state index in [1.807, 2.05) is 0 Å². The maximum absolute atomic E-state index is 13.9. The van der Waals surface area contributed by atoms with Gasteiger partial charge in [0.25, 0.3) is 5.91 Å². The third-order valence-corrected chi connectivity index (χ3v) is 8.72. The van der Waals surface area contributed by atoms with Crippen LogP contribution in [0.1, 0.15) is 61.0 Å². The Morgan fingerprint density at radius 2 is 2.05 bits per heavy atom. The van der Waals surface area contributed by atoms with Crippen LogP contribution in [0.25, 0.3) is 11.3 Å². The molecule has 42 heavy (non-hydrogen) atoms. The van der Waals surface area contributed by atoms with Crippen molar-refractivity contribution in [2.24, 2.45) is 0 Å². The molecule has 1 aromatic carbocycles. The Bertz CT molecular complexity index is 1380. The number of hydrogen-bond donors (Lipinski definition) is 2. The largest absolute Gasteiger partial charge is 0.493 e. The average molecular weight is 604 g/mol. The lowest BCUT2D eigenvalue weighted by atomic mass is 10.1. The van der Waals surface area contributed by atoms with Crippen LogP contribution in [0.5, 0.6) is 5.75 Å². The number of carbonyl (C=O) groups is 1. The molecule has 5 rings (SSSR count). The molecular formula is C29H36F3N7O2S. The first-order valence-corrected chi connectivity index (χ1v) is 15.2. The van der Waals surface area contributed by atoms with Crippen LogP contribution in [0.2, 0.25) is 0 Å². The smallest absolute Gasteiger partial charge is 0.419 e. The van der Waals surface area contributed by atoms with Crippen molar-refractivity contribution in [1.29, 1.82) is 0 Å². The summed E-state index contributed by atoms with van der Waals surface area (Å²) in [6, 6.07) is 4.66. The lowest BCUT2D eigenvalue weighted by Crippen LogP contribution is -2.50. The molecule has 4 heterocycles. The van der Waals surface area contributed by atoms with Gasteiger partial charge in [-0.1, -0.05) is 18.3 Å². The van der Waals surface area contributed by atoms with Crippen LogP contribution in [0.15, 0.2) is 30.6 Å². The fourth-order valence-electron chi connectivity index (χ4n) is 5.60. The molecule has 0 saturated carbocycles. The Kier molecular flexibility index (Phi) is 9.28. The summed E-state index contributed by atoms with van der Waals surface area (Å²) in [6.07, 6.45) is 1.57. The number of rotatable bonds is 9. The van der Waals surface area contributed by atoms with Crippen LogP contribution in [0.3, 0.4) is 0 Å². The summed E-state index contributed by atoms with van der Waals surface area (Å²) >= 11 is 1.27. The molecule has 0 aliphatic carbocycles. The third-order valence-electron chi connectivity index (χ3n) is 7.76. The topological polar surface area (TPSA) is 95.5 Å². The van der Waals surface area contributed by atoms with Crippen LogP contribution in [-0.4, -0.2) is 70.6 Å². The minimum Gasteiger partial charge on any atom is -0.493 e. The number of nitrogens with one attached hydrogen (secondary N) is 2. The molecule has 3 aromatic rings. The zero-order valence-electron chi connectivity index (χ0n) is 24.0. The Morgan fingerprint density at radius 1 is 1.21 bits per heavy atom. The standard InChI is InChI=1S/C29H36F3N7O2S/c1-4-20-7-6-11-38(20)17-24-26(19-8-9-23(41-5-2)21(13-19)29(30,31)32)36-28(42-24)37-27(40)22-15-35-25(16-34-22)39-12-10-33-14-18(39)3/h8-9,13,15-16,18,20,33H,4-7,10-12,14,17H2,1-3H3,(H,36,37,40)/t18-,20-/m1/s1. The van der Waals surface area contributed by atoms with E-state index in [2.05, 4.69) is 49.2 Å². The van der Waals surface area contributed by atoms with Crippen molar-refractivity contribution in [2.45, 2.75) is 64.8 Å². The highest BCUT2D eigenvalue weighted by Gasteiger charge is 2.35. The second-order valence-electron chi connectivity index (χ2n) is 10.6. The highest BCUT2D eigenvalue weighted by atomic mass is 32.1. The van der Waals surface area contributed by atoms with Crippen LogP contribution in [0.4, 0.5) is 24.1 Å². The first-order valence-electron chi connectivity index (χ1n) is 14.4. The highest BCUT2D eigenvalue weighted by molar-refractivity contribution is 7.16. The Hall–Kier alpha value is -3.29. The zero-order chi connectivity index (χ0) is 29.9. The number of carbonyl (C=O) groups excluding carboxylic acids is 1. The van der Waals surface area contributed by atoms with Crippen molar-refractivity contribution >= 4 is 28.2 Å². The number of alkyl halides is 3. The number of thiazole rings is 1. The number of benzene rings is 1. The summed E-state index contributed by atoms with van der Waals surface area (Å²) in [5.41, 5.74) is 0.0119. The van der Waals surface area contributed by atoms with E-state index in [4.69, 9.17) is 4.74 Å². The molecule has 2 fully saturated rings. The lowest BCUT2D eigenvalue weighted by molar-refractivity contribution is -0.138. The van der Waals surface area contributed by atoms with Gasteiger partial charge < -0.3 is 15.0 Å². The fourth-order valence-corrected chi connectivity index (χ4v) is 6.60. The number of amides is 1. The quantitative estimate of drug-likeness (QED) is 0.334. The Morgan fingerprint density at radius 3 is 2.74 bits per heavy atom. The van der Waals surface area contributed by atoms with Crippen LogP contribution in [0, 0.1) is 0 Å². The molecule has 226 valence electrons. The number of nitrogens with zero attached hydrogens (tertiary/aromatic N) is 5. The summed E-state index contributed by atoms with van der Waals surface area (Å²) in [7, 11) is 0. The maximum Gasteiger partial charge on any atom is 0.419 e. The van der Waals surface area contributed by atoms with Crippen molar-refractivity contribution in [3.05, 3.63) is 46.7 Å². The number of anilines is 2. The highest BCUT2D eigenvalue weighted by Crippen LogP contribution is 2.41. The van der Waals surface area contributed by atoms with Gasteiger partial charge in [0.1, 0.15) is 17.3 Å². The van der Waals surface area contributed by atoms with Gasteiger partial charge in [0.15, 0.2) is 5.13 Å². The Balaban J connectivity index is 1.43. The number of piperazine rings is 1. The number of aromatic nitrogens is 3. The first kappa shape index (κ1) is 30.2. The second-order valence-corrected chi connectivity index (χ2v) is 11.7. The number of hydrogen-bond acceptors (Lipinski definition) is 9. The Labute approximate surface area is 247 Å². The predicted octanol–water partition coefficient (Wildman–Crippen LogP) is 5.44. The summed E-state index contributed by atoms with van der Waals surface area (Å²) < 4.78 is 47.1. The van der Waals surface area contributed by atoms with Gasteiger partial charge in [0.05, 0.1) is 30.3 Å². The van der Waals surface area contributed by atoms with E-state index in [0.29, 0.717) is 34.8 Å². The summed E-state index contributed by atoms with van der Waals surface area (Å²) in [5.74, 6) is -0.00199. The zero-order valence-corrected chi connectivity index (χ0v) is 24.8. The molecule has 1 amide bonds. The van der Waals surface area contributed by atoms with Crippen LogP contribution < -0.4 is 20.3 Å². The van der Waals surface area contributed by atoms with Crippen molar-refractivity contribution in [2.75, 3.05) is 43.0 Å². The molecule has 13 heteroatoms. The van der Waals surface area contributed by atoms with E-state index >= 15 is 0 Å². The van der Waals surface area contributed by atoms with E-state index < -0.39 is 17.6 Å². The molecule has 2 atom stereocenters. The molecule has 2 aromatic heterocycles. The maximum atomic E-state index is 13.9. The molecule has 0 spiro atoms. The molecular weight excluding hydrogens is 567 g/mol. The molecule has 2 saturated heterocycles. The number of halogens is 3.